The molecule has 0 radical (unpaired) electrons. The van der Waals surface area contributed by atoms with Gasteiger partial charge in [0, 0.05) is 41.2 Å². The van der Waals surface area contributed by atoms with E-state index in [9.17, 15) is 14.4 Å². The second-order valence-electron chi connectivity index (χ2n) is 6.36. The molecule has 2 aromatic heterocycles. The van der Waals surface area contributed by atoms with Gasteiger partial charge in [-0.05, 0) is 37.8 Å². The minimum atomic E-state index is -0.671. The van der Waals surface area contributed by atoms with Crippen LogP contribution in [0.1, 0.15) is 39.5 Å². The summed E-state index contributed by atoms with van der Waals surface area (Å²) in [4.78, 5) is 36.8. The molecule has 0 spiro atoms. The number of aryl methyl sites for hydroxylation is 2. The van der Waals surface area contributed by atoms with Crippen LogP contribution in [0.5, 0.6) is 0 Å². The number of rotatable bonds is 7. The lowest BCUT2D eigenvalue weighted by molar-refractivity contribution is -0.134. The van der Waals surface area contributed by atoms with Crippen LogP contribution in [0.15, 0.2) is 28.7 Å². The van der Waals surface area contributed by atoms with Crippen LogP contribution in [0, 0.1) is 13.8 Å². The molecule has 1 aliphatic rings. The molecule has 0 unspecified atom stereocenters. The molecular formula is C19H21N3O4S. The molecule has 0 aromatic carbocycles. The third kappa shape index (κ3) is 4.51. The van der Waals surface area contributed by atoms with Crippen molar-refractivity contribution in [3.8, 4) is 0 Å². The summed E-state index contributed by atoms with van der Waals surface area (Å²) in [6.45, 7) is 4.31. The number of carbonyl (C=O) groups excluding carboxylic acids is 3. The summed E-state index contributed by atoms with van der Waals surface area (Å²) in [5.41, 5.74) is 4.79. The number of amides is 1. The molecule has 7 nitrogen and oxygen atoms in total. The number of ketones is 1. The van der Waals surface area contributed by atoms with Crippen LogP contribution in [-0.2, 0) is 27.3 Å². The molecule has 27 heavy (non-hydrogen) atoms. The van der Waals surface area contributed by atoms with Crippen LogP contribution in [0.3, 0.4) is 0 Å². The minimum absolute atomic E-state index is 0.129. The van der Waals surface area contributed by atoms with Gasteiger partial charge in [-0.1, -0.05) is 6.07 Å². The zero-order valence-electron chi connectivity index (χ0n) is 15.3. The summed E-state index contributed by atoms with van der Waals surface area (Å²) < 4.78 is 7.18. The van der Waals surface area contributed by atoms with Crippen molar-refractivity contribution in [3.63, 3.8) is 0 Å². The van der Waals surface area contributed by atoms with Gasteiger partial charge >= 0.3 is 5.97 Å². The van der Waals surface area contributed by atoms with E-state index >= 15 is 0 Å². The Labute approximate surface area is 161 Å². The molecule has 8 heteroatoms. The predicted octanol–water partition coefficient (Wildman–Crippen LogP) is 2.40. The van der Waals surface area contributed by atoms with E-state index in [-0.39, 0.29) is 36.9 Å². The topological polar surface area (TPSA) is 89.8 Å². The van der Waals surface area contributed by atoms with Gasteiger partial charge in [-0.3, -0.25) is 9.59 Å². The number of hydrogen-bond donors (Lipinski definition) is 1. The maximum Gasteiger partial charge on any atom is 0.354 e. The van der Waals surface area contributed by atoms with Gasteiger partial charge in [0.2, 0.25) is 11.7 Å². The third-order valence-corrected chi connectivity index (χ3v) is 5.45. The lowest BCUT2D eigenvalue weighted by Gasteiger charge is -2.11. The highest BCUT2D eigenvalue weighted by Gasteiger charge is 2.22. The SMILES string of the molecule is Cc1cc(C(=O)COC(=O)C2=NNC(=O)CC2)c(C)n1CCc1cccs1. The maximum absolute atomic E-state index is 12.5. The van der Waals surface area contributed by atoms with Crippen molar-refractivity contribution in [2.45, 2.75) is 39.7 Å². The fraction of sp³-hybridized carbons (Fsp3) is 0.368. The first-order valence-corrected chi connectivity index (χ1v) is 9.58. The zero-order valence-corrected chi connectivity index (χ0v) is 16.1. The number of ether oxygens (including phenoxy) is 1. The monoisotopic (exact) mass is 387 g/mol. The highest BCUT2D eigenvalue weighted by atomic mass is 32.1. The molecule has 0 aliphatic carbocycles. The summed E-state index contributed by atoms with van der Waals surface area (Å²) in [6.07, 6.45) is 1.31. The Morgan fingerprint density at radius 2 is 2.15 bits per heavy atom. The molecule has 3 rings (SSSR count). The molecule has 142 valence electrons. The van der Waals surface area contributed by atoms with E-state index in [1.165, 1.54) is 4.88 Å². The van der Waals surface area contributed by atoms with E-state index in [1.807, 2.05) is 26.0 Å². The summed E-state index contributed by atoms with van der Waals surface area (Å²) in [5, 5.41) is 5.73. The van der Waals surface area contributed by atoms with Gasteiger partial charge in [-0.2, -0.15) is 5.10 Å². The summed E-state index contributed by atoms with van der Waals surface area (Å²) >= 11 is 1.72. The first-order valence-electron chi connectivity index (χ1n) is 8.70. The Hall–Kier alpha value is -2.74. The number of hydrogen-bond acceptors (Lipinski definition) is 6. The van der Waals surface area contributed by atoms with Crippen molar-refractivity contribution >= 4 is 34.7 Å². The standard InChI is InChI=1S/C19H21N3O4S/c1-12-10-15(13(2)22(12)8-7-14-4-3-9-27-14)17(23)11-26-19(25)16-5-6-18(24)21-20-16/h3-4,9-10H,5-8,11H2,1-2H3,(H,21,24). The van der Waals surface area contributed by atoms with Crippen LogP contribution in [0.25, 0.3) is 0 Å². The highest BCUT2D eigenvalue weighted by molar-refractivity contribution is 7.09. The molecule has 2 aromatic rings. The van der Waals surface area contributed by atoms with Gasteiger partial charge in [0.25, 0.3) is 0 Å². The van der Waals surface area contributed by atoms with Gasteiger partial charge in [0.1, 0.15) is 5.71 Å². The van der Waals surface area contributed by atoms with Crippen molar-refractivity contribution in [1.29, 1.82) is 0 Å². The van der Waals surface area contributed by atoms with Crippen molar-refractivity contribution < 1.29 is 19.1 Å². The van der Waals surface area contributed by atoms with Crippen LogP contribution in [0.4, 0.5) is 0 Å². The zero-order chi connectivity index (χ0) is 19.4. The van der Waals surface area contributed by atoms with Gasteiger partial charge in [-0.15, -0.1) is 11.3 Å². The number of esters is 1. The fourth-order valence-electron chi connectivity index (χ4n) is 3.02. The average Bonchev–Trinajstić information content (AvgIpc) is 3.27. The molecule has 1 aliphatic heterocycles. The van der Waals surface area contributed by atoms with Crippen molar-refractivity contribution in [1.82, 2.24) is 9.99 Å². The Balaban J connectivity index is 1.60. The third-order valence-electron chi connectivity index (χ3n) is 4.51. The normalized spacial score (nSPS) is 13.9. The van der Waals surface area contributed by atoms with Crippen LogP contribution >= 0.6 is 11.3 Å². The summed E-state index contributed by atoms with van der Waals surface area (Å²) in [7, 11) is 0. The maximum atomic E-state index is 12.5. The summed E-state index contributed by atoms with van der Waals surface area (Å²) in [5.74, 6) is -1.16. The molecule has 1 amide bonds. The van der Waals surface area contributed by atoms with E-state index in [0.29, 0.717) is 5.56 Å². The first kappa shape index (κ1) is 19.0. The Kier molecular flexibility index (Phi) is 5.85. The van der Waals surface area contributed by atoms with Gasteiger partial charge in [0.05, 0.1) is 0 Å². The lowest BCUT2D eigenvalue weighted by Crippen LogP contribution is -2.31. The van der Waals surface area contributed by atoms with Crippen LogP contribution < -0.4 is 5.43 Å². The molecule has 1 N–H and O–H groups in total. The van der Waals surface area contributed by atoms with Crippen molar-refractivity contribution in [2.75, 3.05) is 6.61 Å². The quantitative estimate of drug-likeness (QED) is 0.583. The second-order valence-corrected chi connectivity index (χ2v) is 7.39. The largest absolute Gasteiger partial charge is 0.453 e. The molecule has 0 bridgehead atoms. The molecule has 0 fully saturated rings. The molecular weight excluding hydrogens is 366 g/mol. The Morgan fingerprint density at radius 1 is 1.33 bits per heavy atom. The first-order chi connectivity index (χ1) is 13.0. The Morgan fingerprint density at radius 3 is 2.81 bits per heavy atom. The average molecular weight is 387 g/mol. The molecule has 3 heterocycles. The number of Topliss-reactive ketones (excluding diaryl/α,β-unsaturated/α-hetero) is 1. The number of hydrazone groups is 1. The van der Waals surface area contributed by atoms with Crippen molar-refractivity contribution in [3.05, 3.63) is 45.4 Å². The highest BCUT2D eigenvalue weighted by Crippen LogP contribution is 2.18. The van der Waals surface area contributed by atoms with Gasteiger partial charge in [-0.25, -0.2) is 10.2 Å². The predicted molar refractivity (Wildman–Crippen MR) is 102 cm³/mol. The van der Waals surface area contributed by atoms with E-state index in [1.54, 1.807) is 11.3 Å². The molecule has 0 atom stereocenters. The number of aromatic nitrogens is 1. The summed E-state index contributed by atoms with van der Waals surface area (Å²) in [6, 6.07) is 5.96. The van der Waals surface area contributed by atoms with Crippen molar-refractivity contribution in [2.24, 2.45) is 5.10 Å². The van der Waals surface area contributed by atoms with Gasteiger partial charge < -0.3 is 9.30 Å². The number of nitrogens with one attached hydrogen (secondary N) is 1. The molecule has 0 saturated carbocycles. The Bertz CT molecular complexity index is 896. The van der Waals surface area contributed by atoms with Crippen LogP contribution in [-0.4, -0.2) is 34.5 Å². The fourth-order valence-corrected chi connectivity index (χ4v) is 3.72. The lowest BCUT2D eigenvalue weighted by atomic mass is 10.1. The smallest absolute Gasteiger partial charge is 0.354 e. The van der Waals surface area contributed by atoms with E-state index < -0.39 is 5.97 Å². The number of carbonyl (C=O) groups is 3. The number of thiophene rings is 1. The second kappa shape index (κ2) is 8.30. The number of nitrogens with zero attached hydrogens (tertiary/aromatic N) is 2. The van der Waals surface area contributed by atoms with Gasteiger partial charge in [0.15, 0.2) is 6.61 Å². The van der Waals surface area contributed by atoms with E-state index in [0.717, 1.165) is 24.4 Å². The van der Waals surface area contributed by atoms with E-state index in [2.05, 4.69) is 26.5 Å². The van der Waals surface area contributed by atoms with Crippen LogP contribution in [0.2, 0.25) is 0 Å². The minimum Gasteiger partial charge on any atom is -0.453 e. The molecule has 0 saturated heterocycles. The van der Waals surface area contributed by atoms with E-state index in [4.69, 9.17) is 4.74 Å².